The molecule has 4 nitrogen and oxygen atoms in total. The normalized spacial score (nSPS) is 22.3. The Bertz CT molecular complexity index is 501. The number of nitrogens with zero attached hydrogens (tertiary/aromatic N) is 1. The van der Waals surface area contributed by atoms with E-state index in [9.17, 15) is 0 Å². The molecule has 0 aromatic heterocycles. The van der Waals surface area contributed by atoms with E-state index in [1.807, 2.05) is 18.2 Å². The van der Waals surface area contributed by atoms with Crippen LogP contribution in [-0.4, -0.2) is 30.9 Å². The van der Waals surface area contributed by atoms with Crippen LogP contribution in [0.3, 0.4) is 0 Å². The zero-order valence-corrected chi connectivity index (χ0v) is 13.4. The Morgan fingerprint density at radius 3 is 2.81 bits per heavy atom. The van der Waals surface area contributed by atoms with E-state index < -0.39 is 0 Å². The molecule has 0 radical (unpaired) electrons. The maximum atomic E-state index is 7.56. The van der Waals surface area contributed by atoms with Crippen molar-refractivity contribution in [1.29, 1.82) is 5.41 Å². The van der Waals surface area contributed by atoms with E-state index in [0.29, 0.717) is 17.4 Å². The molecule has 21 heavy (non-hydrogen) atoms. The van der Waals surface area contributed by atoms with Gasteiger partial charge >= 0.3 is 0 Å². The van der Waals surface area contributed by atoms with E-state index in [0.717, 1.165) is 12.5 Å². The van der Waals surface area contributed by atoms with Crippen LogP contribution < -0.4 is 10.5 Å². The second kappa shape index (κ2) is 6.94. The van der Waals surface area contributed by atoms with Crippen molar-refractivity contribution in [2.24, 2.45) is 11.7 Å². The maximum Gasteiger partial charge on any atom is 0.130 e. The highest BCUT2D eigenvalue weighted by molar-refractivity contribution is 5.97. The molecule has 3 N–H and O–H groups in total. The zero-order chi connectivity index (χ0) is 15.4. The van der Waals surface area contributed by atoms with E-state index in [2.05, 4.69) is 18.9 Å². The smallest absolute Gasteiger partial charge is 0.130 e. The van der Waals surface area contributed by atoms with Gasteiger partial charge in [0.2, 0.25) is 0 Å². The number of nitrogens with two attached hydrogens (primary N) is 1. The first-order chi connectivity index (χ1) is 10.0. The summed E-state index contributed by atoms with van der Waals surface area (Å²) in [6.45, 7) is 3.26. The lowest BCUT2D eigenvalue weighted by atomic mass is 9.86. The SMILES string of the molecule is COc1cc(CN(C)C2CCCC(C)C2)ccc1C(=N)N. The predicted octanol–water partition coefficient (Wildman–Crippen LogP) is 2.99. The lowest BCUT2D eigenvalue weighted by Crippen LogP contribution is -2.35. The van der Waals surface area contributed by atoms with Crippen molar-refractivity contribution in [2.75, 3.05) is 14.2 Å². The molecule has 0 amide bonds. The second-order valence-corrected chi connectivity index (χ2v) is 6.29. The Kier molecular flexibility index (Phi) is 5.23. The van der Waals surface area contributed by atoms with Gasteiger partial charge < -0.3 is 10.5 Å². The molecule has 1 aromatic rings. The Hall–Kier alpha value is -1.55. The summed E-state index contributed by atoms with van der Waals surface area (Å²) in [6, 6.07) is 6.60. The van der Waals surface area contributed by atoms with Crippen LogP contribution in [0.4, 0.5) is 0 Å². The summed E-state index contributed by atoms with van der Waals surface area (Å²) in [5.74, 6) is 1.57. The molecular weight excluding hydrogens is 262 g/mol. The number of hydrogen-bond donors (Lipinski definition) is 2. The van der Waals surface area contributed by atoms with Gasteiger partial charge in [0.25, 0.3) is 0 Å². The summed E-state index contributed by atoms with van der Waals surface area (Å²) >= 11 is 0. The number of nitrogen functional groups attached to an aromatic ring is 1. The van der Waals surface area contributed by atoms with Crippen molar-refractivity contribution in [1.82, 2.24) is 4.90 Å². The molecule has 0 spiro atoms. The monoisotopic (exact) mass is 289 g/mol. The first-order valence-corrected chi connectivity index (χ1v) is 7.72. The fraction of sp³-hybridized carbons (Fsp3) is 0.588. The molecule has 1 fully saturated rings. The number of methoxy groups -OCH3 is 1. The van der Waals surface area contributed by atoms with Gasteiger partial charge in [0.1, 0.15) is 11.6 Å². The number of ether oxygens (including phenoxy) is 1. The number of nitrogens with one attached hydrogen (secondary N) is 1. The van der Waals surface area contributed by atoms with Crippen LogP contribution in [0.1, 0.15) is 43.7 Å². The summed E-state index contributed by atoms with van der Waals surface area (Å²) in [5, 5.41) is 7.56. The average molecular weight is 289 g/mol. The highest BCUT2D eigenvalue weighted by Gasteiger charge is 2.22. The molecule has 2 unspecified atom stereocenters. The minimum atomic E-state index is 0.0489. The Labute approximate surface area is 127 Å². The lowest BCUT2D eigenvalue weighted by molar-refractivity contribution is 0.157. The molecule has 0 heterocycles. The van der Waals surface area contributed by atoms with E-state index in [1.165, 1.54) is 31.2 Å². The van der Waals surface area contributed by atoms with E-state index in [1.54, 1.807) is 7.11 Å². The van der Waals surface area contributed by atoms with Gasteiger partial charge in [0.15, 0.2) is 0 Å². The molecular formula is C17H27N3O. The molecule has 0 bridgehead atoms. The fourth-order valence-corrected chi connectivity index (χ4v) is 3.28. The highest BCUT2D eigenvalue weighted by Crippen LogP contribution is 2.28. The number of amidine groups is 1. The topological polar surface area (TPSA) is 62.3 Å². The van der Waals surface area contributed by atoms with Crippen molar-refractivity contribution in [3.63, 3.8) is 0 Å². The molecule has 0 aliphatic heterocycles. The van der Waals surface area contributed by atoms with Crippen molar-refractivity contribution in [3.8, 4) is 5.75 Å². The van der Waals surface area contributed by atoms with Crippen LogP contribution >= 0.6 is 0 Å². The second-order valence-electron chi connectivity index (χ2n) is 6.29. The molecule has 4 heteroatoms. The molecule has 1 aromatic carbocycles. The van der Waals surface area contributed by atoms with E-state index >= 15 is 0 Å². The molecule has 0 saturated heterocycles. The highest BCUT2D eigenvalue weighted by atomic mass is 16.5. The predicted molar refractivity (Wildman–Crippen MR) is 86.9 cm³/mol. The van der Waals surface area contributed by atoms with Gasteiger partial charge in [-0.15, -0.1) is 0 Å². The average Bonchev–Trinajstić information content (AvgIpc) is 2.46. The summed E-state index contributed by atoms with van der Waals surface area (Å²) in [5.41, 5.74) is 7.43. The van der Waals surface area contributed by atoms with Gasteiger partial charge in [0, 0.05) is 12.6 Å². The summed E-state index contributed by atoms with van der Waals surface area (Å²) in [4.78, 5) is 2.44. The fourth-order valence-electron chi connectivity index (χ4n) is 3.28. The largest absolute Gasteiger partial charge is 0.496 e. The Morgan fingerprint density at radius 2 is 2.19 bits per heavy atom. The minimum Gasteiger partial charge on any atom is -0.496 e. The quantitative estimate of drug-likeness (QED) is 0.647. The third-order valence-corrected chi connectivity index (χ3v) is 4.52. The number of rotatable bonds is 5. The number of benzene rings is 1. The van der Waals surface area contributed by atoms with Gasteiger partial charge in [-0.1, -0.05) is 25.8 Å². The van der Waals surface area contributed by atoms with E-state index in [4.69, 9.17) is 15.9 Å². The van der Waals surface area contributed by atoms with Crippen LogP contribution in [0.2, 0.25) is 0 Å². The molecule has 2 atom stereocenters. The van der Waals surface area contributed by atoms with Gasteiger partial charge in [0.05, 0.1) is 12.7 Å². The molecule has 1 saturated carbocycles. The van der Waals surface area contributed by atoms with Crippen molar-refractivity contribution < 1.29 is 4.74 Å². The first kappa shape index (κ1) is 15.8. The first-order valence-electron chi connectivity index (χ1n) is 7.72. The Morgan fingerprint density at radius 1 is 1.43 bits per heavy atom. The summed E-state index contributed by atoms with van der Waals surface area (Å²) in [6.07, 6.45) is 5.29. The van der Waals surface area contributed by atoms with E-state index in [-0.39, 0.29) is 5.84 Å². The van der Waals surface area contributed by atoms with Gasteiger partial charge in [-0.2, -0.15) is 0 Å². The summed E-state index contributed by atoms with van der Waals surface area (Å²) < 4.78 is 5.35. The van der Waals surface area contributed by atoms with Crippen molar-refractivity contribution in [3.05, 3.63) is 29.3 Å². The Balaban J connectivity index is 2.06. The molecule has 116 valence electrons. The van der Waals surface area contributed by atoms with Crippen LogP contribution in [-0.2, 0) is 6.54 Å². The van der Waals surface area contributed by atoms with Crippen molar-refractivity contribution >= 4 is 5.84 Å². The van der Waals surface area contributed by atoms with Gasteiger partial charge in [-0.05, 0) is 43.5 Å². The lowest BCUT2D eigenvalue weighted by Gasteiger charge is -2.34. The molecule has 1 aliphatic rings. The van der Waals surface area contributed by atoms with Crippen molar-refractivity contribution in [2.45, 2.75) is 45.2 Å². The third-order valence-electron chi connectivity index (χ3n) is 4.52. The van der Waals surface area contributed by atoms with Crippen LogP contribution in [0.5, 0.6) is 5.75 Å². The zero-order valence-electron chi connectivity index (χ0n) is 13.4. The summed E-state index contributed by atoms with van der Waals surface area (Å²) in [7, 11) is 3.83. The maximum absolute atomic E-state index is 7.56. The minimum absolute atomic E-state index is 0.0489. The standard InChI is InChI=1S/C17H27N3O/c1-12-5-4-6-14(9-12)20(2)11-13-7-8-15(17(18)19)16(10-13)21-3/h7-8,10,12,14H,4-6,9,11H2,1-3H3,(H3,18,19). The number of hydrogen-bond acceptors (Lipinski definition) is 3. The van der Waals surface area contributed by atoms with Crippen LogP contribution in [0.25, 0.3) is 0 Å². The van der Waals surface area contributed by atoms with Crippen LogP contribution in [0.15, 0.2) is 18.2 Å². The molecule has 2 rings (SSSR count). The molecule has 1 aliphatic carbocycles. The van der Waals surface area contributed by atoms with Gasteiger partial charge in [-0.3, -0.25) is 10.3 Å². The third kappa shape index (κ3) is 3.97. The van der Waals surface area contributed by atoms with Crippen LogP contribution in [0, 0.1) is 11.3 Å². The van der Waals surface area contributed by atoms with Gasteiger partial charge in [-0.25, -0.2) is 0 Å².